The highest BCUT2D eigenvalue weighted by Crippen LogP contribution is 2.08. The SMILES string of the molecule is Cc1n[nH]c(C)c1C(=O)NCCCCCC(=O)O. The summed E-state index contributed by atoms with van der Waals surface area (Å²) in [6.07, 6.45) is 2.42. The van der Waals surface area contributed by atoms with Crippen molar-refractivity contribution < 1.29 is 14.7 Å². The van der Waals surface area contributed by atoms with Crippen molar-refractivity contribution in [2.75, 3.05) is 6.54 Å². The van der Waals surface area contributed by atoms with Crippen molar-refractivity contribution in [2.45, 2.75) is 39.5 Å². The topological polar surface area (TPSA) is 95.1 Å². The van der Waals surface area contributed by atoms with Crippen LogP contribution in [0.5, 0.6) is 0 Å². The number of aromatic amines is 1. The second-order valence-corrected chi connectivity index (χ2v) is 4.27. The molecule has 3 N–H and O–H groups in total. The van der Waals surface area contributed by atoms with Gasteiger partial charge in [-0.3, -0.25) is 14.7 Å². The van der Waals surface area contributed by atoms with E-state index in [1.54, 1.807) is 6.92 Å². The Morgan fingerprint density at radius 3 is 2.56 bits per heavy atom. The molecule has 0 saturated carbocycles. The Labute approximate surface area is 106 Å². The average Bonchev–Trinajstić information content (AvgIpc) is 2.63. The Hall–Kier alpha value is -1.85. The zero-order valence-electron chi connectivity index (χ0n) is 10.7. The van der Waals surface area contributed by atoms with Gasteiger partial charge in [-0.05, 0) is 26.7 Å². The summed E-state index contributed by atoms with van der Waals surface area (Å²) < 4.78 is 0. The van der Waals surface area contributed by atoms with Crippen molar-refractivity contribution in [1.82, 2.24) is 15.5 Å². The standard InChI is InChI=1S/C12H19N3O3/c1-8-11(9(2)15-14-8)12(18)13-7-5-3-4-6-10(16)17/h3-7H2,1-2H3,(H,13,18)(H,14,15)(H,16,17). The van der Waals surface area contributed by atoms with Crippen molar-refractivity contribution >= 4 is 11.9 Å². The summed E-state index contributed by atoms with van der Waals surface area (Å²) in [5.74, 6) is -0.902. The Morgan fingerprint density at radius 1 is 1.28 bits per heavy atom. The van der Waals surface area contributed by atoms with E-state index in [0.717, 1.165) is 18.5 Å². The van der Waals surface area contributed by atoms with Crippen LogP contribution in [0.3, 0.4) is 0 Å². The number of carbonyl (C=O) groups excluding carboxylic acids is 1. The molecule has 0 aromatic carbocycles. The fraction of sp³-hybridized carbons (Fsp3) is 0.583. The number of H-pyrrole nitrogens is 1. The molecule has 1 aromatic rings. The summed E-state index contributed by atoms with van der Waals surface area (Å²) in [5.41, 5.74) is 2.05. The van der Waals surface area contributed by atoms with E-state index in [1.165, 1.54) is 0 Å². The summed E-state index contributed by atoms with van der Waals surface area (Å²) >= 11 is 0. The summed E-state index contributed by atoms with van der Waals surface area (Å²) in [4.78, 5) is 22.1. The van der Waals surface area contributed by atoms with Crippen molar-refractivity contribution in [2.24, 2.45) is 0 Å². The third-order valence-corrected chi connectivity index (χ3v) is 2.71. The molecule has 0 unspecified atom stereocenters. The Balaban J connectivity index is 2.24. The van der Waals surface area contributed by atoms with Gasteiger partial charge >= 0.3 is 5.97 Å². The van der Waals surface area contributed by atoms with Gasteiger partial charge in [0.25, 0.3) is 5.91 Å². The molecule has 0 aliphatic carbocycles. The van der Waals surface area contributed by atoms with Gasteiger partial charge in [0.05, 0.1) is 11.3 Å². The Kier molecular flexibility index (Phi) is 5.35. The Bertz CT molecular complexity index is 407. The van der Waals surface area contributed by atoms with E-state index < -0.39 is 5.97 Å². The maximum absolute atomic E-state index is 11.8. The van der Waals surface area contributed by atoms with E-state index in [9.17, 15) is 9.59 Å². The van der Waals surface area contributed by atoms with Crippen LogP contribution in [0, 0.1) is 13.8 Å². The van der Waals surface area contributed by atoms with Gasteiger partial charge in [0.1, 0.15) is 0 Å². The molecular formula is C12H19N3O3. The van der Waals surface area contributed by atoms with Crippen LogP contribution in [-0.4, -0.2) is 33.7 Å². The molecule has 0 radical (unpaired) electrons. The number of carbonyl (C=O) groups is 2. The van der Waals surface area contributed by atoms with Crippen molar-refractivity contribution in [3.05, 3.63) is 17.0 Å². The maximum Gasteiger partial charge on any atom is 0.303 e. The number of carboxylic acid groups (broad SMARTS) is 1. The molecule has 0 spiro atoms. The summed E-state index contributed by atoms with van der Waals surface area (Å²) in [7, 11) is 0. The number of nitrogens with zero attached hydrogens (tertiary/aromatic N) is 1. The lowest BCUT2D eigenvalue weighted by atomic mass is 10.1. The van der Waals surface area contributed by atoms with E-state index in [2.05, 4.69) is 15.5 Å². The predicted octanol–water partition coefficient (Wildman–Crippen LogP) is 1.40. The zero-order chi connectivity index (χ0) is 13.5. The molecule has 6 heteroatoms. The minimum absolute atomic E-state index is 0.128. The number of aromatic nitrogens is 2. The highest BCUT2D eigenvalue weighted by molar-refractivity contribution is 5.96. The first-order valence-electron chi connectivity index (χ1n) is 6.04. The van der Waals surface area contributed by atoms with Crippen LogP contribution >= 0.6 is 0 Å². The Morgan fingerprint density at radius 2 is 2.00 bits per heavy atom. The molecule has 0 fully saturated rings. The largest absolute Gasteiger partial charge is 0.481 e. The van der Waals surface area contributed by atoms with Gasteiger partial charge in [-0.25, -0.2) is 0 Å². The number of amides is 1. The first-order chi connectivity index (χ1) is 8.52. The van der Waals surface area contributed by atoms with Crippen molar-refractivity contribution in [3.63, 3.8) is 0 Å². The average molecular weight is 253 g/mol. The molecule has 0 bridgehead atoms. The van der Waals surface area contributed by atoms with Crippen LogP contribution in [0.2, 0.25) is 0 Å². The normalized spacial score (nSPS) is 10.3. The summed E-state index contributed by atoms with van der Waals surface area (Å²) in [6.45, 7) is 4.15. The van der Waals surface area contributed by atoms with Crippen LogP contribution in [0.4, 0.5) is 0 Å². The molecule has 0 atom stereocenters. The number of carboxylic acids is 1. The molecule has 6 nitrogen and oxygen atoms in total. The summed E-state index contributed by atoms with van der Waals surface area (Å²) in [5, 5.41) is 18.0. The molecule has 1 rings (SSSR count). The van der Waals surface area contributed by atoms with E-state index >= 15 is 0 Å². The third kappa shape index (κ3) is 4.20. The summed E-state index contributed by atoms with van der Waals surface area (Å²) in [6, 6.07) is 0. The highest BCUT2D eigenvalue weighted by Gasteiger charge is 2.14. The zero-order valence-corrected chi connectivity index (χ0v) is 10.7. The molecular weight excluding hydrogens is 234 g/mol. The van der Waals surface area contributed by atoms with Gasteiger partial charge in [0, 0.05) is 18.7 Å². The molecule has 0 aliphatic rings. The highest BCUT2D eigenvalue weighted by atomic mass is 16.4. The minimum Gasteiger partial charge on any atom is -0.481 e. The maximum atomic E-state index is 11.8. The first-order valence-corrected chi connectivity index (χ1v) is 6.04. The molecule has 0 saturated heterocycles. The van der Waals surface area contributed by atoms with Gasteiger partial charge in [-0.15, -0.1) is 0 Å². The van der Waals surface area contributed by atoms with Crippen LogP contribution in [0.15, 0.2) is 0 Å². The number of unbranched alkanes of at least 4 members (excludes halogenated alkanes) is 2. The van der Waals surface area contributed by atoms with E-state index in [4.69, 9.17) is 5.11 Å². The minimum atomic E-state index is -0.774. The molecule has 1 aromatic heterocycles. The first kappa shape index (κ1) is 14.2. The van der Waals surface area contributed by atoms with E-state index in [1.807, 2.05) is 6.92 Å². The van der Waals surface area contributed by atoms with Gasteiger partial charge in [0.2, 0.25) is 0 Å². The van der Waals surface area contributed by atoms with Crippen LogP contribution < -0.4 is 5.32 Å². The van der Waals surface area contributed by atoms with Gasteiger partial charge in [-0.1, -0.05) is 6.42 Å². The van der Waals surface area contributed by atoms with Gasteiger partial charge in [-0.2, -0.15) is 5.10 Å². The number of aliphatic carboxylic acids is 1. The number of aryl methyl sites for hydroxylation is 2. The lowest BCUT2D eigenvalue weighted by Crippen LogP contribution is -2.25. The quantitative estimate of drug-likeness (QED) is 0.640. The number of hydrogen-bond acceptors (Lipinski definition) is 3. The lowest BCUT2D eigenvalue weighted by molar-refractivity contribution is -0.137. The number of hydrogen-bond donors (Lipinski definition) is 3. The fourth-order valence-corrected chi connectivity index (χ4v) is 1.75. The number of rotatable bonds is 7. The molecule has 18 heavy (non-hydrogen) atoms. The van der Waals surface area contributed by atoms with Crippen LogP contribution in [0.1, 0.15) is 47.4 Å². The predicted molar refractivity (Wildman–Crippen MR) is 66.5 cm³/mol. The van der Waals surface area contributed by atoms with Gasteiger partial charge in [0.15, 0.2) is 0 Å². The van der Waals surface area contributed by atoms with Gasteiger partial charge < -0.3 is 10.4 Å². The smallest absolute Gasteiger partial charge is 0.303 e. The van der Waals surface area contributed by atoms with E-state index in [-0.39, 0.29) is 12.3 Å². The molecule has 0 aliphatic heterocycles. The van der Waals surface area contributed by atoms with Crippen LogP contribution in [-0.2, 0) is 4.79 Å². The van der Waals surface area contributed by atoms with Crippen molar-refractivity contribution in [1.29, 1.82) is 0 Å². The van der Waals surface area contributed by atoms with Crippen LogP contribution in [0.25, 0.3) is 0 Å². The fourth-order valence-electron chi connectivity index (χ4n) is 1.75. The van der Waals surface area contributed by atoms with Crippen molar-refractivity contribution in [3.8, 4) is 0 Å². The molecule has 1 heterocycles. The monoisotopic (exact) mass is 253 g/mol. The molecule has 1 amide bonds. The molecule has 100 valence electrons. The second-order valence-electron chi connectivity index (χ2n) is 4.27. The third-order valence-electron chi connectivity index (χ3n) is 2.71. The van der Waals surface area contributed by atoms with E-state index in [0.29, 0.717) is 24.2 Å². The number of nitrogens with one attached hydrogen (secondary N) is 2. The second kappa shape index (κ2) is 6.78. The lowest BCUT2D eigenvalue weighted by Gasteiger charge is -2.04.